The van der Waals surface area contributed by atoms with E-state index in [0.717, 1.165) is 13.0 Å². The zero-order valence-electron chi connectivity index (χ0n) is 12.8. The number of nitrogens with zero attached hydrogens (tertiary/aromatic N) is 1. The third kappa shape index (κ3) is 5.04. The Kier molecular flexibility index (Phi) is 6.77. The van der Waals surface area contributed by atoms with Gasteiger partial charge in [-0.05, 0) is 87.6 Å². The van der Waals surface area contributed by atoms with Gasteiger partial charge in [-0.2, -0.15) is 0 Å². The molecule has 0 aliphatic rings. The van der Waals surface area contributed by atoms with E-state index in [2.05, 4.69) is 91.9 Å². The maximum atomic E-state index is 3.71. The normalized spacial score (nSPS) is 13.8. The van der Waals surface area contributed by atoms with Gasteiger partial charge in [0.25, 0.3) is 0 Å². The van der Waals surface area contributed by atoms with Gasteiger partial charge in [0.15, 0.2) is 0 Å². The van der Waals surface area contributed by atoms with Crippen molar-refractivity contribution >= 4 is 22.6 Å². The van der Waals surface area contributed by atoms with Crippen molar-refractivity contribution in [3.63, 3.8) is 0 Å². The second kappa shape index (κ2) is 7.60. The minimum absolute atomic E-state index is 0.137. The fourth-order valence-corrected chi connectivity index (χ4v) is 2.42. The number of hydrogen-bond acceptors (Lipinski definition) is 2. The Morgan fingerprint density at radius 1 is 1.21 bits per heavy atom. The molecule has 0 saturated carbocycles. The average Bonchev–Trinajstić information content (AvgIpc) is 2.36. The molecular formula is C16H27IN2. The number of hydrogen-bond donors (Lipinski definition) is 1. The van der Waals surface area contributed by atoms with Crippen molar-refractivity contribution in [3.8, 4) is 0 Å². The van der Waals surface area contributed by atoms with Gasteiger partial charge < -0.3 is 10.2 Å². The zero-order chi connectivity index (χ0) is 14.5. The molecule has 1 rings (SSSR count). The highest BCUT2D eigenvalue weighted by molar-refractivity contribution is 14.1. The van der Waals surface area contributed by atoms with Crippen molar-refractivity contribution in [3.05, 3.63) is 33.4 Å². The fourth-order valence-electron chi connectivity index (χ4n) is 2.06. The fraction of sp³-hybridized carbons (Fsp3) is 0.625. The molecule has 108 valence electrons. The first kappa shape index (κ1) is 16.9. The van der Waals surface area contributed by atoms with Gasteiger partial charge in [0.1, 0.15) is 0 Å². The average molecular weight is 374 g/mol. The molecule has 19 heavy (non-hydrogen) atoms. The highest BCUT2D eigenvalue weighted by Crippen LogP contribution is 2.20. The molecule has 1 aromatic rings. The molecule has 3 heteroatoms. The quantitative estimate of drug-likeness (QED) is 0.735. The highest BCUT2D eigenvalue weighted by atomic mass is 127. The molecular weight excluding hydrogens is 347 g/mol. The summed E-state index contributed by atoms with van der Waals surface area (Å²) in [4.78, 5) is 2.31. The van der Waals surface area contributed by atoms with Crippen molar-refractivity contribution in [1.29, 1.82) is 0 Å². The molecule has 1 aromatic carbocycles. The lowest BCUT2D eigenvalue weighted by molar-refractivity contribution is 0.137. The van der Waals surface area contributed by atoms with E-state index >= 15 is 0 Å². The van der Waals surface area contributed by atoms with Crippen molar-refractivity contribution in [2.75, 3.05) is 20.6 Å². The van der Waals surface area contributed by atoms with Crippen molar-refractivity contribution < 1.29 is 0 Å². The number of rotatable bonds is 7. The second-order valence-electron chi connectivity index (χ2n) is 5.89. The van der Waals surface area contributed by atoms with Gasteiger partial charge >= 0.3 is 0 Å². The summed E-state index contributed by atoms with van der Waals surface area (Å²) in [7, 11) is 4.32. The Morgan fingerprint density at radius 3 is 2.26 bits per heavy atom. The van der Waals surface area contributed by atoms with Crippen molar-refractivity contribution in [2.45, 2.75) is 45.2 Å². The smallest absolute Gasteiger partial charge is 0.0303 e. The maximum Gasteiger partial charge on any atom is 0.0303 e. The van der Waals surface area contributed by atoms with Crippen molar-refractivity contribution in [2.24, 2.45) is 0 Å². The Hall–Kier alpha value is -0.130. The molecule has 2 nitrogen and oxygen atoms in total. The molecule has 1 atom stereocenters. The van der Waals surface area contributed by atoms with E-state index < -0.39 is 0 Å². The van der Waals surface area contributed by atoms with Gasteiger partial charge in [0, 0.05) is 15.2 Å². The third-order valence-corrected chi connectivity index (χ3v) is 4.72. The minimum Gasteiger partial charge on any atom is -0.312 e. The summed E-state index contributed by atoms with van der Waals surface area (Å²) in [5.74, 6) is 0. The summed E-state index contributed by atoms with van der Waals surface area (Å²) < 4.78 is 1.30. The number of halogens is 1. The van der Waals surface area contributed by atoms with E-state index in [0.29, 0.717) is 6.04 Å². The number of benzene rings is 1. The number of nitrogens with one attached hydrogen (secondary N) is 1. The molecule has 0 spiro atoms. The summed E-state index contributed by atoms with van der Waals surface area (Å²) in [5, 5.41) is 3.71. The monoisotopic (exact) mass is 374 g/mol. The lowest BCUT2D eigenvalue weighted by Crippen LogP contribution is -2.56. The zero-order valence-corrected chi connectivity index (χ0v) is 15.0. The summed E-state index contributed by atoms with van der Waals surface area (Å²) in [5.41, 5.74) is 1.54. The molecule has 0 radical (unpaired) electrons. The summed E-state index contributed by atoms with van der Waals surface area (Å²) >= 11 is 2.36. The van der Waals surface area contributed by atoms with Crippen LogP contribution < -0.4 is 5.32 Å². The Balaban J connectivity index is 2.82. The first-order chi connectivity index (χ1) is 8.87. The van der Waals surface area contributed by atoms with Crippen LogP contribution in [0.4, 0.5) is 0 Å². The van der Waals surface area contributed by atoms with E-state index in [-0.39, 0.29) is 5.54 Å². The Labute approximate surface area is 132 Å². The summed E-state index contributed by atoms with van der Waals surface area (Å²) in [6.45, 7) is 7.92. The summed E-state index contributed by atoms with van der Waals surface area (Å²) in [6, 6.07) is 9.33. The van der Waals surface area contributed by atoms with Crippen LogP contribution in [-0.2, 0) is 6.42 Å². The third-order valence-electron chi connectivity index (χ3n) is 4.00. The van der Waals surface area contributed by atoms with E-state index in [1.165, 1.54) is 15.6 Å². The van der Waals surface area contributed by atoms with E-state index in [4.69, 9.17) is 0 Å². The molecule has 0 heterocycles. The first-order valence-electron chi connectivity index (χ1n) is 7.03. The topological polar surface area (TPSA) is 15.3 Å². The van der Waals surface area contributed by atoms with Gasteiger partial charge in [-0.15, -0.1) is 0 Å². The lowest BCUT2D eigenvalue weighted by atomic mass is 9.88. The van der Waals surface area contributed by atoms with Crippen LogP contribution in [0.1, 0.15) is 32.8 Å². The standard InChI is InChI=1S/C16H27IN2/c1-6-11-18-15(16(2,3)19(4)5)12-13-7-9-14(17)10-8-13/h7-10,15,18H,6,11-12H2,1-5H3. The maximum absolute atomic E-state index is 3.71. The van der Waals surface area contributed by atoms with Crippen LogP contribution in [0.3, 0.4) is 0 Å². The predicted molar refractivity (Wildman–Crippen MR) is 92.7 cm³/mol. The SMILES string of the molecule is CCCNC(Cc1ccc(I)cc1)C(C)(C)N(C)C. The van der Waals surface area contributed by atoms with Gasteiger partial charge in [0.05, 0.1) is 0 Å². The van der Waals surface area contributed by atoms with Crippen molar-refractivity contribution in [1.82, 2.24) is 10.2 Å². The second-order valence-corrected chi connectivity index (χ2v) is 7.13. The lowest BCUT2D eigenvalue weighted by Gasteiger charge is -2.41. The summed E-state index contributed by atoms with van der Waals surface area (Å²) in [6.07, 6.45) is 2.24. The van der Waals surface area contributed by atoms with Crippen LogP contribution in [0.25, 0.3) is 0 Å². The first-order valence-corrected chi connectivity index (χ1v) is 8.11. The molecule has 0 bridgehead atoms. The van der Waals surface area contributed by atoms with E-state index in [1.807, 2.05) is 0 Å². The van der Waals surface area contributed by atoms with Crippen LogP contribution in [0, 0.1) is 3.57 Å². The number of likely N-dealkylation sites (N-methyl/N-ethyl adjacent to an activating group) is 1. The molecule has 1 N–H and O–H groups in total. The molecule has 1 unspecified atom stereocenters. The Morgan fingerprint density at radius 2 is 1.79 bits per heavy atom. The van der Waals surface area contributed by atoms with Crippen LogP contribution >= 0.6 is 22.6 Å². The van der Waals surface area contributed by atoms with Crippen LogP contribution in [-0.4, -0.2) is 37.1 Å². The van der Waals surface area contributed by atoms with Crippen LogP contribution in [0.15, 0.2) is 24.3 Å². The Bertz CT molecular complexity index is 371. The molecule has 0 saturated heterocycles. The van der Waals surface area contributed by atoms with Crippen LogP contribution in [0.2, 0.25) is 0 Å². The molecule has 0 aromatic heterocycles. The van der Waals surface area contributed by atoms with Crippen LogP contribution in [0.5, 0.6) is 0 Å². The largest absolute Gasteiger partial charge is 0.312 e. The van der Waals surface area contributed by atoms with E-state index in [1.54, 1.807) is 0 Å². The van der Waals surface area contributed by atoms with Gasteiger partial charge in [-0.25, -0.2) is 0 Å². The molecule has 0 aliphatic carbocycles. The highest BCUT2D eigenvalue weighted by Gasteiger charge is 2.31. The van der Waals surface area contributed by atoms with Gasteiger partial charge in [-0.3, -0.25) is 0 Å². The molecule has 0 amide bonds. The van der Waals surface area contributed by atoms with E-state index in [9.17, 15) is 0 Å². The minimum atomic E-state index is 0.137. The predicted octanol–water partition coefficient (Wildman–Crippen LogP) is 3.54. The van der Waals surface area contributed by atoms with Gasteiger partial charge in [0.2, 0.25) is 0 Å². The van der Waals surface area contributed by atoms with Gasteiger partial charge in [-0.1, -0.05) is 19.1 Å². The molecule has 0 fully saturated rings. The molecule has 0 aliphatic heterocycles.